The lowest BCUT2D eigenvalue weighted by atomic mass is 10.0. The minimum absolute atomic E-state index is 0.629. The molecule has 1 N–H and O–H groups in total. The van der Waals surface area contributed by atoms with Crippen molar-refractivity contribution < 1.29 is 0 Å². The average Bonchev–Trinajstić information content (AvgIpc) is 2.41. The van der Waals surface area contributed by atoms with Gasteiger partial charge in [-0.05, 0) is 18.4 Å². The molecule has 0 aliphatic heterocycles. The standard InChI is InChI=1S/C14H11N3S/c1-9-13(16-8-17-14(9)18)11-4-2-3-10-5-6-15-7-12(10)11/h2-8H,1H3,(H,16,17,18). The molecular weight excluding hydrogens is 242 g/mol. The third kappa shape index (κ3) is 1.71. The van der Waals surface area contributed by atoms with Gasteiger partial charge in [-0.2, -0.15) is 0 Å². The maximum atomic E-state index is 5.22. The predicted octanol–water partition coefficient (Wildman–Crippen LogP) is 3.66. The molecule has 0 unspecified atom stereocenters. The van der Waals surface area contributed by atoms with Crippen LogP contribution in [-0.2, 0) is 0 Å². The normalized spacial score (nSPS) is 10.7. The zero-order chi connectivity index (χ0) is 12.5. The Labute approximate surface area is 110 Å². The van der Waals surface area contributed by atoms with Gasteiger partial charge in [0.15, 0.2) is 0 Å². The first-order chi connectivity index (χ1) is 8.77. The van der Waals surface area contributed by atoms with Crippen molar-refractivity contribution in [2.75, 3.05) is 0 Å². The largest absolute Gasteiger partial charge is 0.346 e. The van der Waals surface area contributed by atoms with Gasteiger partial charge in [0.2, 0.25) is 0 Å². The van der Waals surface area contributed by atoms with Crippen LogP contribution in [0, 0.1) is 11.6 Å². The molecule has 0 bridgehead atoms. The number of hydrogen-bond donors (Lipinski definition) is 1. The molecule has 3 rings (SSSR count). The Balaban J connectivity index is 2.39. The fourth-order valence-corrected chi connectivity index (χ4v) is 2.23. The van der Waals surface area contributed by atoms with E-state index in [9.17, 15) is 0 Å². The number of fused-ring (bicyclic) bond motifs is 1. The molecule has 4 heteroatoms. The summed E-state index contributed by atoms with van der Waals surface area (Å²) in [5.74, 6) is 0. The summed E-state index contributed by atoms with van der Waals surface area (Å²) in [6, 6.07) is 8.18. The van der Waals surface area contributed by atoms with Gasteiger partial charge in [-0.25, -0.2) is 4.98 Å². The molecule has 88 valence electrons. The van der Waals surface area contributed by atoms with Crippen LogP contribution in [0.5, 0.6) is 0 Å². The van der Waals surface area contributed by atoms with Crippen molar-refractivity contribution in [1.82, 2.24) is 15.0 Å². The zero-order valence-electron chi connectivity index (χ0n) is 9.84. The van der Waals surface area contributed by atoms with E-state index in [1.54, 1.807) is 12.5 Å². The van der Waals surface area contributed by atoms with E-state index in [1.165, 1.54) is 0 Å². The van der Waals surface area contributed by atoms with E-state index in [0.29, 0.717) is 4.64 Å². The van der Waals surface area contributed by atoms with Crippen molar-refractivity contribution in [3.05, 3.63) is 53.2 Å². The maximum absolute atomic E-state index is 5.22. The number of H-pyrrole nitrogens is 1. The summed E-state index contributed by atoms with van der Waals surface area (Å²) in [7, 11) is 0. The highest BCUT2D eigenvalue weighted by Crippen LogP contribution is 2.28. The van der Waals surface area contributed by atoms with E-state index in [1.807, 2.05) is 25.3 Å². The van der Waals surface area contributed by atoms with Crippen LogP contribution in [-0.4, -0.2) is 15.0 Å². The van der Waals surface area contributed by atoms with Crippen LogP contribution in [0.3, 0.4) is 0 Å². The van der Waals surface area contributed by atoms with Crippen molar-refractivity contribution in [2.24, 2.45) is 0 Å². The first kappa shape index (κ1) is 11.0. The van der Waals surface area contributed by atoms with E-state index in [4.69, 9.17) is 12.2 Å². The fraction of sp³-hybridized carbons (Fsp3) is 0.0714. The van der Waals surface area contributed by atoms with E-state index >= 15 is 0 Å². The zero-order valence-corrected chi connectivity index (χ0v) is 10.7. The minimum Gasteiger partial charge on any atom is -0.346 e. The van der Waals surface area contributed by atoms with Crippen LogP contribution in [0.25, 0.3) is 22.0 Å². The van der Waals surface area contributed by atoms with Gasteiger partial charge in [-0.1, -0.05) is 30.4 Å². The van der Waals surface area contributed by atoms with Crippen molar-refractivity contribution in [3.8, 4) is 11.3 Å². The van der Waals surface area contributed by atoms with Gasteiger partial charge in [0.05, 0.1) is 12.0 Å². The molecule has 0 amide bonds. The predicted molar refractivity (Wildman–Crippen MR) is 74.9 cm³/mol. The van der Waals surface area contributed by atoms with Gasteiger partial charge in [-0.15, -0.1) is 0 Å². The third-order valence-electron chi connectivity index (χ3n) is 3.04. The SMILES string of the molecule is Cc1c(-c2cccc3ccncc23)[nH]cnc1=S. The number of benzene rings is 1. The topological polar surface area (TPSA) is 41.6 Å². The highest BCUT2D eigenvalue weighted by molar-refractivity contribution is 7.71. The maximum Gasteiger partial charge on any atom is 0.132 e. The summed E-state index contributed by atoms with van der Waals surface area (Å²) in [6.45, 7) is 1.98. The van der Waals surface area contributed by atoms with Gasteiger partial charge in [0.25, 0.3) is 0 Å². The Bertz CT molecular complexity index is 772. The summed E-state index contributed by atoms with van der Waals surface area (Å²) < 4.78 is 0.629. The van der Waals surface area contributed by atoms with E-state index < -0.39 is 0 Å². The monoisotopic (exact) mass is 253 g/mol. The lowest BCUT2D eigenvalue weighted by molar-refractivity contribution is 1.12. The smallest absolute Gasteiger partial charge is 0.132 e. The highest BCUT2D eigenvalue weighted by atomic mass is 32.1. The number of hydrogen-bond acceptors (Lipinski definition) is 3. The number of pyridine rings is 1. The molecule has 3 aromatic rings. The van der Waals surface area contributed by atoms with Gasteiger partial charge in [0, 0.05) is 28.9 Å². The van der Waals surface area contributed by atoms with Crippen LogP contribution in [0.1, 0.15) is 5.56 Å². The summed E-state index contributed by atoms with van der Waals surface area (Å²) in [5, 5.41) is 2.28. The van der Waals surface area contributed by atoms with Crippen molar-refractivity contribution >= 4 is 23.0 Å². The quantitative estimate of drug-likeness (QED) is 0.673. The summed E-state index contributed by atoms with van der Waals surface area (Å²) in [6.07, 6.45) is 5.31. The second-order valence-corrected chi connectivity index (χ2v) is 4.50. The number of aromatic amines is 1. The fourth-order valence-electron chi connectivity index (χ4n) is 2.08. The van der Waals surface area contributed by atoms with Crippen LogP contribution in [0.2, 0.25) is 0 Å². The summed E-state index contributed by atoms with van der Waals surface area (Å²) >= 11 is 5.22. The first-order valence-electron chi connectivity index (χ1n) is 5.65. The molecule has 2 aromatic heterocycles. The van der Waals surface area contributed by atoms with Gasteiger partial charge in [-0.3, -0.25) is 4.98 Å². The number of rotatable bonds is 1. The lowest BCUT2D eigenvalue weighted by Gasteiger charge is -2.08. The lowest BCUT2D eigenvalue weighted by Crippen LogP contribution is -1.92. The number of aromatic nitrogens is 3. The number of nitrogens with one attached hydrogen (secondary N) is 1. The molecule has 0 saturated carbocycles. The van der Waals surface area contributed by atoms with E-state index in [-0.39, 0.29) is 0 Å². The average molecular weight is 253 g/mol. The van der Waals surface area contributed by atoms with Crippen molar-refractivity contribution in [3.63, 3.8) is 0 Å². The van der Waals surface area contributed by atoms with Gasteiger partial charge >= 0.3 is 0 Å². The van der Waals surface area contributed by atoms with Crippen LogP contribution >= 0.6 is 12.2 Å². The Hall–Kier alpha value is -2.07. The molecule has 1 aromatic carbocycles. The minimum atomic E-state index is 0.629. The molecule has 0 spiro atoms. The van der Waals surface area contributed by atoms with E-state index in [0.717, 1.165) is 27.6 Å². The summed E-state index contributed by atoms with van der Waals surface area (Å²) in [5.41, 5.74) is 3.10. The van der Waals surface area contributed by atoms with Crippen LogP contribution < -0.4 is 0 Å². The van der Waals surface area contributed by atoms with E-state index in [2.05, 4.69) is 27.1 Å². The Morgan fingerprint density at radius 3 is 3.00 bits per heavy atom. The second kappa shape index (κ2) is 4.31. The van der Waals surface area contributed by atoms with Crippen LogP contribution in [0.4, 0.5) is 0 Å². The second-order valence-electron chi connectivity index (χ2n) is 4.11. The third-order valence-corrected chi connectivity index (χ3v) is 3.45. The summed E-state index contributed by atoms with van der Waals surface area (Å²) in [4.78, 5) is 11.5. The molecule has 3 nitrogen and oxygen atoms in total. The van der Waals surface area contributed by atoms with Gasteiger partial charge < -0.3 is 4.98 Å². The van der Waals surface area contributed by atoms with Gasteiger partial charge in [0.1, 0.15) is 4.64 Å². The molecular formula is C14H11N3S. The first-order valence-corrected chi connectivity index (χ1v) is 6.05. The molecule has 2 heterocycles. The molecule has 0 atom stereocenters. The Kier molecular flexibility index (Phi) is 2.64. The molecule has 0 aliphatic carbocycles. The number of nitrogens with zero attached hydrogens (tertiary/aromatic N) is 2. The van der Waals surface area contributed by atoms with Crippen molar-refractivity contribution in [1.29, 1.82) is 0 Å². The molecule has 18 heavy (non-hydrogen) atoms. The van der Waals surface area contributed by atoms with Crippen LogP contribution in [0.15, 0.2) is 43.0 Å². The highest BCUT2D eigenvalue weighted by Gasteiger charge is 2.07. The Morgan fingerprint density at radius 1 is 1.22 bits per heavy atom. The molecule has 0 fully saturated rings. The molecule has 0 aliphatic rings. The Morgan fingerprint density at radius 2 is 2.11 bits per heavy atom. The van der Waals surface area contributed by atoms with Crippen molar-refractivity contribution in [2.45, 2.75) is 6.92 Å². The molecule has 0 radical (unpaired) electrons. The molecule has 0 saturated heterocycles.